The van der Waals surface area contributed by atoms with E-state index in [0.29, 0.717) is 18.0 Å². The molecule has 0 unspecified atom stereocenters. The number of amides is 1. The Bertz CT molecular complexity index is 905. The third-order valence-corrected chi connectivity index (χ3v) is 4.47. The number of H-pyrrole nitrogens is 1. The Balaban J connectivity index is 1.41. The Morgan fingerprint density at radius 2 is 1.89 bits per heavy atom. The molecule has 3 aromatic rings. The number of aromatic amines is 1. The zero-order chi connectivity index (χ0) is 19.1. The normalized spacial score (nSPS) is 10.7. The van der Waals surface area contributed by atoms with Gasteiger partial charge in [-0.2, -0.15) is 0 Å². The Morgan fingerprint density at radius 3 is 2.70 bits per heavy atom. The number of methoxy groups -OCH3 is 2. The van der Waals surface area contributed by atoms with Gasteiger partial charge in [-0.15, -0.1) is 0 Å². The smallest absolute Gasteiger partial charge is 0.234 e. The molecule has 3 rings (SSSR count). The molecule has 6 nitrogen and oxygen atoms in total. The maximum Gasteiger partial charge on any atom is 0.234 e. The summed E-state index contributed by atoms with van der Waals surface area (Å²) in [5.41, 5.74) is 3.35. The van der Waals surface area contributed by atoms with Gasteiger partial charge in [0.05, 0.1) is 20.8 Å². The van der Waals surface area contributed by atoms with Gasteiger partial charge in [0, 0.05) is 23.6 Å². The third-order valence-electron chi connectivity index (χ3n) is 4.47. The first-order chi connectivity index (χ1) is 13.2. The van der Waals surface area contributed by atoms with Gasteiger partial charge in [-0.05, 0) is 42.3 Å². The number of para-hydroxylation sites is 1. The lowest BCUT2D eigenvalue weighted by molar-refractivity contribution is -0.120. The number of fused-ring (bicyclic) bond motifs is 1. The Morgan fingerprint density at radius 1 is 1.07 bits per heavy atom. The second-order valence-corrected chi connectivity index (χ2v) is 6.25. The van der Waals surface area contributed by atoms with Gasteiger partial charge in [0.1, 0.15) is 0 Å². The lowest BCUT2D eigenvalue weighted by atomic mass is 10.1. The molecule has 0 atom stereocenters. The molecular weight excluding hydrogens is 342 g/mol. The van der Waals surface area contributed by atoms with E-state index in [9.17, 15) is 4.79 Å². The van der Waals surface area contributed by atoms with Crippen LogP contribution in [-0.4, -0.2) is 38.2 Å². The number of hydrogen-bond acceptors (Lipinski definition) is 4. The predicted molar refractivity (Wildman–Crippen MR) is 106 cm³/mol. The topological polar surface area (TPSA) is 75.4 Å². The van der Waals surface area contributed by atoms with E-state index >= 15 is 0 Å². The van der Waals surface area contributed by atoms with Crippen LogP contribution in [0, 0.1) is 0 Å². The molecule has 0 radical (unpaired) electrons. The Hall–Kier alpha value is -2.99. The lowest BCUT2D eigenvalue weighted by Gasteiger charge is -2.10. The molecule has 27 heavy (non-hydrogen) atoms. The van der Waals surface area contributed by atoms with Crippen LogP contribution in [0.1, 0.15) is 11.1 Å². The molecule has 0 saturated heterocycles. The molecule has 1 heterocycles. The van der Waals surface area contributed by atoms with Gasteiger partial charge in [-0.3, -0.25) is 4.79 Å². The van der Waals surface area contributed by atoms with Crippen molar-refractivity contribution in [2.24, 2.45) is 0 Å². The summed E-state index contributed by atoms with van der Waals surface area (Å²) >= 11 is 0. The molecule has 0 aliphatic rings. The average molecular weight is 367 g/mol. The molecule has 0 aliphatic heterocycles. The summed E-state index contributed by atoms with van der Waals surface area (Å²) in [5, 5.41) is 7.34. The lowest BCUT2D eigenvalue weighted by Crippen LogP contribution is -2.34. The van der Waals surface area contributed by atoms with E-state index < -0.39 is 0 Å². The molecule has 0 fully saturated rings. The summed E-state index contributed by atoms with van der Waals surface area (Å²) in [5.74, 6) is 1.29. The molecular formula is C21H25N3O3. The van der Waals surface area contributed by atoms with E-state index in [-0.39, 0.29) is 12.5 Å². The first-order valence-corrected chi connectivity index (χ1v) is 8.94. The van der Waals surface area contributed by atoms with Crippen molar-refractivity contribution in [3.8, 4) is 11.5 Å². The average Bonchev–Trinajstić information content (AvgIpc) is 3.12. The van der Waals surface area contributed by atoms with Crippen molar-refractivity contribution in [2.75, 3.05) is 27.3 Å². The molecule has 1 aromatic heterocycles. The van der Waals surface area contributed by atoms with Gasteiger partial charge in [0.15, 0.2) is 11.5 Å². The van der Waals surface area contributed by atoms with Gasteiger partial charge in [0.25, 0.3) is 0 Å². The molecule has 2 aromatic carbocycles. The highest BCUT2D eigenvalue weighted by Gasteiger charge is 2.07. The van der Waals surface area contributed by atoms with Crippen LogP contribution < -0.4 is 20.1 Å². The molecule has 3 N–H and O–H groups in total. The van der Waals surface area contributed by atoms with Gasteiger partial charge >= 0.3 is 0 Å². The van der Waals surface area contributed by atoms with Crippen LogP contribution in [-0.2, 0) is 17.8 Å². The highest BCUT2D eigenvalue weighted by molar-refractivity contribution is 5.83. The van der Waals surface area contributed by atoms with E-state index in [2.05, 4.69) is 27.8 Å². The van der Waals surface area contributed by atoms with Crippen molar-refractivity contribution in [3.63, 3.8) is 0 Å². The standard InChI is InChI=1S/C21H25N3O3/c1-26-19-8-7-15(11-20(19)27-2)12-24-21(25)14-22-10-9-16-13-23-18-6-4-3-5-17(16)18/h3-8,11,13,22-23H,9-10,12,14H2,1-2H3,(H,24,25). The van der Waals surface area contributed by atoms with Crippen molar-refractivity contribution in [3.05, 3.63) is 59.8 Å². The molecule has 0 spiro atoms. The summed E-state index contributed by atoms with van der Waals surface area (Å²) in [6, 6.07) is 13.8. The minimum Gasteiger partial charge on any atom is -0.493 e. The third kappa shape index (κ3) is 4.80. The number of rotatable bonds is 9. The van der Waals surface area contributed by atoms with Gasteiger partial charge < -0.3 is 25.1 Å². The van der Waals surface area contributed by atoms with E-state index in [1.807, 2.05) is 36.5 Å². The molecule has 142 valence electrons. The van der Waals surface area contributed by atoms with Crippen molar-refractivity contribution < 1.29 is 14.3 Å². The maximum absolute atomic E-state index is 12.0. The summed E-state index contributed by atoms with van der Waals surface area (Å²) in [6.07, 6.45) is 2.90. The van der Waals surface area contributed by atoms with E-state index in [1.54, 1.807) is 14.2 Å². The van der Waals surface area contributed by atoms with Crippen molar-refractivity contribution in [2.45, 2.75) is 13.0 Å². The zero-order valence-corrected chi connectivity index (χ0v) is 15.7. The molecule has 0 saturated carbocycles. The molecule has 1 amide bonds. The Labute approximate surface area is 158 Å². The fraction of sp³-hybridized carbons (Fsp3) is 0.286. The first kappa shape index (κ1) is 18.8. The monoisotopic (exact) mass is 367 g/mol. The largest absolute Gasteiger partial charge is 0.493 e. The van der Waals surface area contributed by atoms with Crippen molar-refractivity contribution in [1.29, 1.82) is 0 Å². The predicted octanol–water partition coefficient (Wildman–Crippen LogP) is 2.63. The quantitative estimate of drug-likeness (QED) is 0.508. The van der Waals surface area contributed by atoms with E-state index in [4.69, 9.17) is 9.47 Å². The minimum atomic E-state index is -0.0382. The highest BCUT2D eigenvalue weighted by atomic mass is 16.5. The number of hydrogen-bond donors (Lipinski definition) is 3. The number of ether oxygens (including phenoxy) is 2. The van der Waals surface area contributed by atoms with Crippen LogP contribution in [0.2, 0.25) is 0 Å². The van der Waals surface area contributed by atoms with E-state index in [0.717, 1.165) is 24.0 Å². The fourth-order valence-corrected chi connectivity index (χ4v) is 3.02. The van der Waals surface area contributed by atoms with Gasteiger partial charge in [-0.1, -0.05) is 24.3 Å². The van der Waals surface area contributed by atoms with Crippen LogP contribution >= 0.6 is 0 Å². The summed E-state index contributed by atoms with van der Waals surface area (Å²) in [7, 11) is 3.19. The zero-order valence-electron chi connectivity index (χ0n) is 15.7. The maximum atomic E-state index is 12.0. The van der Waals surface area contributed by atoms with Gasteiger partial charge in [0.2, 0.25) is 5.91 Å². The fourth-order valence-electron chi connectivity index (χ4n) is 3.02. The van der Waals surface area contributed by atoms with Crippen LogP contribution in [0.3, 0.4) is 0 Å². The number of carbonyl (C=O) groups is 1. The van der Waals surface area contributed by atoms with Crippen molar-refractivity contribution >= 4 is 16.8 Å². The van der Waals surface area contributed by atoms with Crippen LogP contribution in [0.4, 0.5) is 0 Å². The van der Waals surface area contributed by atoms with Gasteiger partial charge in [-0.25, -0.2) is 0 Å². The van der Waals surface area contributed by atoms with Crippen LogP contribution in [0.25, 0.3) is 10.9 Å². The highest BCUT2D eigenvalue weighted by Crippen LogP contribution is 2.27. The summed E-state index contributed by atoms with van der Waals surface area (Å²) in [6.45, 7) is 1.48. The van der Waals surface area contributed by atoms with Crippen molar-refractivity contribution in [1.82, 2.24) is 15.6 Å². The molecule has 0 aliphatic carbocycles. The first-order valence-electron chi connectivity index (χ1n) is 8.94. The van der Waals surface area contributed by atoms with Crippen LogP contribution in [0.5, 0.6) is 11.5 Å². The number of carbonyl (C=O) groups excluding carboxylic acids is 1. The number of nitrogens with one attached hydrogen (secondary N) is 3. The number of benzene rings is 2. The second-order valence-electron chi connectivity index (χ2n) is 6.25. The van der Waals surface area contributed by atoms with Crippen LogP contribution in [0.15, 0.2) is 48.7 Å². The SMILES string of the molecule is COc1ccc(CNC(=O)CNCCc2c[nH]c3ccccc23)cc1OC. The second kappa shape index (κ2) is 9.09. The summed E-state index contributed by atoms with van der Waals surface area (Å²) < 4.78 is 10.5. The molecule has 0 bridgehead atoms. The molecule has 6 heteroatoms. The Kier molecular flexibility index (Phi) is 6.33. The number of aromatic nitrogens is 1. The van der Waals surface area contributed by atoms with E-state index in [1.165, 1.54) is 10.9 Å². The summed E-state index contributed by atoms with van der Waals surface area (Å²) in [4.78, 5) is 15.3. The minimum absolute atomic E-state index is 0.0382.